The average molecular weight is 436 g/mol. The summed E-state index contributed by atoms with van der Waals surface area (Å²) in [6.07, 6.45) is 8.31. The number of carbonyl (C=O) groups excluding carboxylic acids is 1. The van der Waals surface area contributed by atoms with Crippen molar-refractivity contribution >= 4 is 47.4 Å². The first-order valence-electron chi connectivity index (χ1n) is 10.4. The molecular weight excluding hydrogens is 414 g/mol. The molecule has 0 unspecified atom stereocenters. The third-order valence-corrected chi connectivity index (χ3v) is 5.57. The van der Waals surface area contributed by atoms with Crippen LogP contribution in [0.4, 0.5) is 11.9 Å². The minimum atomic E-state index is -0.0469. The molecule has 1 aromatic carbocycles. The van der Waals surface area contributed by atoms with Crippen molar-refractivity contribution < 1.29 is 4.79 Å². The normalized spacial score (nSPS) is 18.7. The van der Waals surface area contributed by atoms with Gasteiger partial charge in [-0.05, 0) is 54.2 Å². The molecule has 1 amide bonds. The van der Waals surface area contributed by atoms with Crippen LogP contribution < -0.4 is 15.5 Å². The number of rotatable bonds is 5. The summed E-state index contributed by atoms with van der Waals surface area (Å²) in [5, 5.41) is 6.71. The third-order valence-electron chi connectivity index (χ3n) is 5.33. The van der Waals surface area contributed by atoms with E-state index in [1.54, 1.807) is 0 Å². The molecule has 3 heterocycles. The Kier molecular flexibility index (Phi) is 5.38. The van der Waals surface area contributed by atoms with Gasteiger partial charge in [-0.25, -0.2) is 0 Å². The van der Waals surface area contributed by atoms with Gasteiger partial charge in [0.1, 0.15) is 5.84 Å². The molecule has 1 saturated carbocycles. The summed E-state index contributed by atoms with van der Waals surface area (Å²) in [5.74, 6) is 2.76. The lowest BCUT2D eigenvalue weighted by atomic mass is 10.2. The number of halogens is 1. The average Bonchev–Trinajstić information content (AvgIpc) is 3.51. The molecule has 5 rings (SSSR count). The Bertz CT molecular complexity index is 1110. The van der Waals surface area contributed by atoms with Crippen molar-refractivity contribution in [1.82, 2.24) is 20.3 Å². The van der Waals surface area contributed by atoms with E-state index in [1.165, 1.54) is 18.4 Å². The van der Waals surface area contributed by atoms with E-state index in [0.29, 0.717) is 41.8 Å². The molecule has 1 aliphatic carbocycles. The molecule has 1 saturated heterocycles. The fraction of sp³-hybridized carbons (Fsp3) is 0.318. The van der Waals surface area contributed by atoms with Crippen molar-refractivity contribution in [3.05, 3.63) is 52.3 Å². The summed E-state index contributed by atoms with van der Waals surface area (Å²) in [6, 6.07) is 7.54. The summed E-state index contributed by atoms with van der Waals surface area (Å²) >= 11 is 6.08. The summed E-state index contributed by atoms with van der Waals surface area (Å²) < 4.78 is 0. The van der Waals surface area contributed by atoms with Crippen molar-refractivity contribution in [1.29, 1.82) is 0 Å². The Morgan fingerprint density at radius 1 is 1.19 bits per heavy atom. The highest BCUT2D eigenvalue weighted by atomic mass is 35.5. The first-order valence-corrected chi connectivity index (χ1v) is 10.7. The highest BCUT2D eigenvalue weighted by Gasteiger charge is 2.28. The van der Waals surface area contributed by atoms with E-state index in [9.17, 15) is 4.79 Å². The molecule has 9 heteroatoms. The lowest BCUT2D eigenvalue weighted by molar-refractivity contribution is -0.120. The first-order chi connectivity index (χ1) is 15.1. The number of nitrogens with zero attached hydrogens (tertiary/aromatic N) is 5. The maximum atomic E-state index is 11.9. The third kappa shape index (κ3) is 4.91. The SMILES string of the molecule is O=C1CN(c2nc(/C=C/c3cccc(Cl)c3)nc(NC3=NCC(C4CC4)=C3)n2)CCN1. The van der Waals surface area contributed by atoms with Crippen molar-refractivity contribution in [2.45, 2.75) is 12.8 Å². The number of aliphatic imine (C=N–C) groups is 1. The van der Waals surface area contributed by atoms with Crippen LogP contribution in [0.1, 0.15) is 24.2 Å². The topological polar surface area (TPSA) is 95.4 Å². The summed E-state index contributed by atoms with van der Waals surface area (Å²) in [4.78, 5) is 31.9. The van der Waals surface area contributed by atoms with Crippen LogP contribution in [0, 0.1) is 5.92 Å². The maximum Gasteiger partial charge on any atom is 0.239 e. The molecule has 0 atom stereocenters. The zero-order valence-electron chi connectivity index (χ0n) is 16.9. The van der Waals surface area contributed by atoms with Crippen LogP contribution in [-0.2, 0) is 4.79 Å². The van der Waals surface area contributed by atoms with Gasteiger partial charge in [-0.15, -0.1) is 0 Å². The molecule has 8 nitrogen and oxygen atoms in total. The second-order valence-corrected chi connectivity index (χ2v) is 8.23. The van der Waals surface area contributed by atoms with Gasteiger partial charge in [0.05, 0.1) is 13.1 Å². The van der Waals surface area contributed by atoms with Crippen LogP contribution in [0.25, 0.3) is 12.2 Å². The lowest BCUT2D eigenvalue weighted by Crippen LogP contribution is -2.48. The van der Waals surface area contributed by atoms with E-state index >= 15 is 0 Å². The lowest BCUT2D eigenvalue weighted by Gasteiger charge is -2.26. The summed E-state index contributed by atoms with van der Waals surface area (Å²) in [5.41, 5.74) is 2.31. The Morgan fingerprint density at radius 3 is 2.90 bits per heavy atom. The van der Waals surface area contributed by atoms with Crippen molar-refractivity contribution in [2.75, 3.05) is 36.4 Å². The quantitative estimate of drug-likeness (QED) is 0.749. The highest BCUT2D eigenvalue weighted by Crippen LogP contribution is 2.37. The number of amides is 1. The summed E-state index contributed by atoms with van der Waals surface area (Å²) in [6.45, 7) is 2.15. The number of piperazine rings is 1. The van der Waals surface area contributed by atoms with E-state index in [2.05, 4.69) is 36.7 Å². The van der Waals surface area contributed by atoms with Gasteiger partial charge >= 0.3 is 0 Å². The number of hydrogen-bond acceptors (Lipinski definition) is 7. The Hall–Kier alpha value is -3.26. The minimum Gasteiger partial charge on any atom is -0.353 e. The second kappa shape index (κ2) is 8.47. The fourth-order valence-corrected chi connectivity index (χ4v) is 3.78. The number of anilines is 2. The van der Waals surface area contributed by atoms with Gasteiger partial charge in [-0.2, -0.15) is 15.0 Å². The van der Waals surface area contributed by atoms with Gasteiger partial charge in [0.15, 0.2) is 5.82 Å². The molecule has 2 fully saturated rings. The predicted molar refractivity (Wildman–Crippen MR) is 122 cm³/mol. The zero-order chi connectivity index (χ0) is 21.2. The Balaban J connectivity index is 1.42. The number of aromatic nitrogens is 3. The van der Waals surface area contributed by atoms with Crippen LogP contribution in [0.2, 0.25) is 5.02 Å². The van der Waals surface area contributed by atoms with E-state index in [1.807, 2.05) is 41.3 Å². The molecule has 2 aliphatic heterocycles. The van der Waals surface area contributed by atoms with Gasteiger partial charge in [-0.1, -0.05) is 29.8 Å². The molecule has 0 spiro atoms. The smallest absolute Gasteiger partial charge is 0.239 e. The number of benzene rings is 1. The minimum absolute atomic E-state index is 0.0469. The predicted octanol–water partition coefficient (Wildman–Crippen LogP) is 2.79. The molecule has 2 aromatic rings. The highest BCUT2D eigenvalue weighted by molar-refractivity contribution is 6.30. The van der Waals surface area contributed by atoms with Gasteiger partial charge in [-0.3, -0.25) is 9.79 Å². The Labute approximate surface area is 185 Å². The molecule has 158 valence electrons. The van der Waals surface area contributed by atoms with E-state index in [4.69, 9.17) is 11.6 Å². The molecule has 2 N–H and O–H groups in total. The van der Waals surface area contributed by atoms with Crippen LogP contribution in [-0.4, -0.2) is 52.9 Å². The standard InChI is InChI=1S/C22H22ClN7O/c23-17-3-1-2-14(10-17)4-7-18-26-21(27-19-11-16(12-25-19)15-5-6-15)29-22(28-18)30-9-8-24-20(31)13-30/h1-4,7,10-11,15H,5-6,8-9,12-13H2,(H,24,31)(H,25,26,27,28,29)/b7-4+. The van der Waals surface area contributed by atoms with Crippen LogP contribution in [0.15, 0.2) is 40.9 Å². The monoisotopic (exact) mass is 435 g/mol. The van der Waals surface area contributed by atoms with Gasteiger partial charge in [0, 0.05) is 18.1 Å². The van der Waals surface area contributed by atoms with Crippen molar-refractivity contribution in [3.63, 3.8) is 0 Å². The van der Waals surface area contributed by atoms with E-state index in [0.717, 1.165) is 17.9 Å². The zero-order valence-corrected chi connectivity index (χ0v) is 17.6. The first kappa shape index (κ1) is 19.7. The number of amidine groups is 1. The van der Waals surface area contributed by atoms with E-state index < -0.39 is 0 Å². The van der Waals surface area contributed by atoms with Gasteiger partial charge in [0.25, 0.3) is 0 Å². The van der Waals surface area contributed by atoms with Gasteiger partial charge < -0.3 is 15.5 Å². The molecule has 1 aromatic heterocycles. The largest absolute Gasteiger partial charge is 0.353 e. The van der Waals surface area contributed by atoms with Crippen molar-refractivity contribution in [2.24, 2.45) is 10.9 Å². The van der Waals surface area contributed by atoms with Crippen LogP contribution >= 0.6 is 11.6 Å². The Morgan fingerprint density at radius 2 is 2.10 bits per heavy atom. The molecule has 0 bridgehead atoms. The van der Waals surface area contributed by atoms with E-state index in [-0.39, 0.29) is 12.5 Å². The molecule has 31 heavy (non-hydrogen) atoms. The number of nitrogens with one attached hydrogen (secondary N) is 2. The van der Waals surface area contributed by atoms with Gasteiger partial charge in [0.2, 0.25) is 17.8 Å². The second-order valence-electron chi connectivity index (χ2n) is 7.80. The molecular formula is C22H22ClN7O. The summed E-state index contributed by atoms with van der Waals surface area (Å²) in [7, 11) is 0. The number of carbonyl (C=O) groups is 1. The van der Waals surface area contributed by atoms with Crippen molar-refractivity contribution in [3.8, 4) is 0 Å². The molecule has 3 aliphatic rings. The van der Waals surface area contributed by atoms with Crippen LogP contribution in [0.3, 0.4) is 0 Å². The van der Waals surface area contributed by atoms with Crippen LogP contribution in [0.5, 0.6) is 0 Å². The fourth-order valence-electron chi connectivity index (χ4n) is 3.58. The number of hydrogen-bond donors (Lipinski definition) is 2. The maximum absolute atomic E-state index is 11.9. The molecule has 0 radical (unpaired) electrons.